The molecule has 0 aromatic carbocycles. The second-order valence-corrected chi connectivity index (χ2v) is 5.99. The molecule has 5 heteroatoms. The Bertz CT molecular complexity index is 416. The summed E-state index contributed by atoms with van der Waals surface area (Å²) in [5.74, 6) is 0.913. The van der Waals surface area contributed by atoms with Crippen molar-refractivity contribution in [3.05, 3.63) is 24.2 Å². The molecule has 0 spiro atoms. The Balaban J connectivity index is 1.73. The van der Waals surface area contributed by atoms with Gasteiger partial charge in [0.05, 0.1) is 12.3 Å². The summed E-state index contributed by atoms with van der Waals surface area (Å²) in [7, 11) is 0. The SMILES string of the molecule is C[C@@H](NC1CN(C(=O)OC(C)(C)C)C1)c1ccco1. The van der Waals surface area contributed by atoms with Crippen LogP contribution in [0.5, 0.6) is 0 Å². The van der Waals surface area contributed by atoms with Crippen molar-refractivity contribution < 1.29 is 13.9 Å². The molecular weight excluding hydrogens is 244 g/mol. The van der Waals surface area contributed by atoms with Crippen LogP contribution < -0.4 is 5.32 Å². The van der Waals surface area contributed by atoms with E-state index in [1.807, 2.05) is 32.9 Å². The number of carbonyl (C=O) groups excluding carboxylic acids is 1. The van der Waals surface area contributed by atoms with Gasteiger partial charge < -0.3 is 19.4 Å². The number of nitrogens with one attached hydrogen (secondary N) is 1. The van der Waals surface area contributed by atoms with E-state index in [4.69, 9.17) is 9.15 Å². The molecule has 0 bridgehead atoms. The zero-order valence-corrected chi connectivity index (χ0v) is 12.0. The van der Waals surface area contributed by atoms with Gasteiger partial charge in [0, 0.05) is 19.1 Å². The van der Waals surface area contributed by atoms with Gasteiger partial charge in [-0.25, -0.2) is 4.79 Å². The molecule has 1 atom stereocenters. The molecule has 0 saturated carbocycles. The molecular formula is C14H22N2O3. The van der Waals surface area contributed by atoms with Crippen molar-refractivity contribution in [1.82, 2.24) is 10.2 Å². The number of carbonyl (C=O) groups is 1. The largest absolute Gasteiger partial charge is 0.468 e. The van der Waals surface area contributed by atoms with E-state index in [1.165, 1.54) is 0 Å². The average Bonchev–Trinajstić information content (AvgIpc) is 2.72. The van der Waals surface area contributed by atoms with Crippen LogP contribution in [0.25, 0.3) is 0 Å². The summed E-state index contributed by atoms with van der Waals surface area (Å²) < 4.78 is 10.6. The van der Waals surface area contributed by atoms with Gasteiger partial charge in [-0.1, -0.05) is 0 Å². The molecule has 1 aromatic heterocycles. The van der Waals surface area contributed by atoms with Crippen molar-refractivity contribution in [3.63, 3.8) is 0 Å². The number of amides is 1. The number of likely N-dealkylation sites (tertiary alicyclic amines) is 1. The Kier molecular flexibility index (Phi) is 3.85. The highest BCUT2D eigenvalue weighted by Crippen LogP contribution is 2.19. The van der Waals surface area contributed by atoms with Crippen molar-refractivity contribution in [2.45, 2.75) is 45.4 Å². The first-order valence-corrected chi connectivity index (χ1v) is 6.62. The van der Waals surface area contributed by atoms with Gasteiger partial charge in [0.2, 0.25) is 0 Å². The smallest absolute Gasteiger partial charge is 0.410 e. The number of nitrogens with zero attached hydrogens (tertiary/aromatic N) is 1. The van der Waals surface area contributed by atoms with Crippen LogP contribution >= 0.6 is 0 Å². The molecule has 1 saturated heterocycles. The molecule has 5 nitrogen and oxygen atoms in total. The van der Waals surface area contributed by atoms with Crippen molar-refractivity contribution >= 4 is 6.09 Å². The van der Waals surface area contributed by atoms with E-state index in [1.54, 1.807) is 11.2 Å². The summed E-state index contributed by atoms with van der Waals surface area (Å²) in [6.45, 7) is 9.03. The van der Waals surface area contributed by atoms with Crippen LogP contribution in [0.1, 0.15) is 39.5 Å². The fourth-order valence-electron chi connectivity index (χ4n) is 2.03. The molecule has 0 aliphatic carbocycles. The fourth-order valence-corrected chi connectivity index (χ4v) is 2.03. The van der Waals surface area contributed by atoms with Gasteiger partial charge in [-0.05, 0) is 39.8 Å². The Morgan fingerprint density at radius 1 is 1.53 bits per heavy atom. The van der Waals surface area contributed by atoms with Crippen molar-refractivity contribution in [2.75, 3.05) is 13.1 Å². The maximum absolute atomic E-state index is 11.8. The second-order valence-electron chi connectivity index (χ2n) is 5.99. The quantitative estimate of drug-likeness (QED) is 0.913. The highest BCUT2D eigenvalue weighted by Gasteiger charge is 2.34. The minimum atomic E-state index is -0.433. The van der Waals surface area contributed by atoms with E-state index >= 15 is 0 Å². The Labute approximate surface area is 113 Å². The number of ether oxygens (including phenoxy) is 1. The van der Waals surface area contributed by atoms with Gasteiger partial charge in [0.25, 0.3) is 0 Å². The second kappa shape index (κ2) is 5.25. The average molecular weight is 266 g/mol. The lowest BCUT2D eigenvalue weighted by Crippen LogP contribution is -2.60. The van der Waals surface area contributed by atoms with Gasteiger partial charge in [-0.15, -0.1) is 0 Å². The Hall–Kier alpha value is -1.49. The maximum Gasteiger partial charge on any atom is 0.410 e. The zero-order valence-electron chi connectivity index (χ0n) is 12.0. The van der Waals surface area contributed by atoms with Crippen LogP contribution in [-0.4, -0.2) is 35.7 Å². The first-order chi connectivity index (χ1) is 8.85. The summed E-state index contributed by atoms with van der Waals surface area (Å²) in [6.07, 6.45) is 1.43. The fraction of sp³-hybridized carbons (Fsp3) is 0.643. The van der Waals surface area contributed by atoms with E-state index in [0.717, 1.165) is 5.76 Å². The number of rotatable bonds is 3. The summed E-state index contributed by atoms with van der Waals surface area (Å²) in [5.41, 5.74) is -0.433. The molecule has 106 valence electrons. The van der Waals surface area contributed by atoms with Gasteiger partial charge in [-0.3, -0.25) is 0 Å². The number of hydrogen-bond acceptors (Lipinski definition) is 4. The monoisotopic (exact) mass is 266 g/mol. The zero-order chi connectivity index (χ0) is 14.0. The molecule has 19 heavy (non-hydrogen) atoms. The molecule has 1 fully saturated rings. The lowest BCUT2D eigenvalue weighted by molar-refractivity contribution is 0.00412. The van der Waals surface area contributed by atoms with Gasteiger partial charge in [0.1, 0.15) is 11.4 Å². The predicted octanol–water partition coefficient (Wildman–Crippen LogP) is 2.55. The first kappa shape index (κ1) is 13.9. The molecule has 1 N–H and O–H groups in total. The first-order valence-electron chi connectivity index (χ1n) is 6.62. The number of hydrogen-bond donors (Lipinski definition) is 1. The maximum atomic E-state index is 11.8. The Morgan fingerprint density at radius 3 is 2.74 bits per heavy atom. The minimum absolute atomic E-state index is 0.154. The molecule has 0 unspecified atom stereocenters. The summed E-state index contributed by atoms with van der Waals surface area (Å²) in [5, 5.41) is 3.42. The van der Waals surface area contributed by atoms with Crippen molar-refractivity contribution in [1.29, 1.82) is 0 Å². The molecule has 2 heterocycles. The van der Waals surface area contributed by atoms with Crippen LogP contribution in [0, 0.1) is 0 Å². The van der Waals surface area contributed by atoms with E-state index in [9.17, 15) is 4.79 Å². The highest BCUT2D eigenvalue weighted by molar-refractivity contribution is 5.69. The van der Waals surface area contributed by atoms with E-state index in [2.05, 4.69) is 12.2 Å². The lowest BCUT2D eigenvalue weighted by Gasteiger charge is -2.41. The van der Waals surface area contributed by atoms with Crippen LogP contribution in [0.2, 0.25) is 0 Å². The highest BCUT2D eigenvalue weighted by atomic mass is 16.6. The Morgan fingerprint density at radius 2 is 2.21 bits per heavy atom. The van der Waals surface area contributed by atoms with Crippen LogP contribution in [0.4, 0.5) is 4.79 Å². The van der Waals surface area contributed by atoms with Gasteiger partial charge >= 0.3 is 6.09 Å². The van der Waals surface area contributed by atoms with Crippen molar-refractivity contribution in [2.24, 2.45) is 0 Å². The molecule has 1 aliphatic heterocycles. The van der Waals surface area contributed by atoms with E-state index in [-0.39, 0.29) is 12.1 Å². The minimum Gasteiger partial charge on any atom is -0.468 e. The van der Waals surface area contributed by atoms with Gasteiger partial charge in [0.15, 0.2) is 0 Å². The third-order valence-electron chi connectivity index (χ3n) is 2.99. The molecule has 1 aromatic rings. The lowest BCUT2D eigenvalue weighted by atomic mass is 10.1. The number of furan rings is 1. The molecule has 2 rings (SSSR count). The normalized spacial score (nSPS) is 18.0. The third kappa shape index (κ3) is 3.73. The standard InChI is InChI=1S/C14H22N2O3/c1-10(12-6-5-7-18-12)15-11-8-16(9-11)13(17)19-14(2,3)4/h5-7,10-11,15H,8-9H2,1-4H3/t10-/m1/s1. The van der Waals surface area contributed by atoms with E-state index < -0.39 is 5.60 Å². The topological polar surface area (TPSA) is 54.7 Å². The summed E-state index contributed by atoms with van der Waals surface area (Å²) in [6, 6.07) is 4.27. The van der Waals surface area contributed by atoms with Crippen LogP contribution in [0.15, 0.2) is 22.8 Å². The summed E-state index contributed by atoms with van der Waals surface area (Å²) >= 11 is 0. The third-order valence-corrected chi connectivity index (χ3v) is 2.99. The van der Waals surface area contributed by atoms with Gasteiger partial charge in [-0.2, -0.15) is 0 Å². The van der Waals surface area contributed by atoms with E-state index in [0.29, 0.717) is 19.1 Å². The predicted molar refractivity (Wildman–Crippen MR) is 71.9 cm³/mol. The molecule has 1 aliphatic rings. The molecule has 1 amide bonds. The van der Waals surface area contributed by atoms with Crippen LogP contribution in [-0.2, 0) is 4.74 Å². The van der Waals surface area contributed by atoms with Crippen LogP contribution in [0.3, 0.4) is 0 Å². The summed E-state index contributed by atoms with van der Waals surface area (Å²) in [4.78, 5) is 13.5. The molecule has 0 radical (unpaired) electrons. The van der Waals surface area contributed by atoms with Crippen molar-refractivity contribution in [3.8, 4) is 0 Å².